The van der Waals surface area contributed by atoms with E-state index < -0.39 is 0 Å². The fraction of sp³-hybridized carbons (Fsp3) is 0.714. The third-order valence-electron chi connectivity index (χ3n) is 2.88. The Morgan fingerprint density at radius 3 is 2.42 bits per heavy atom. The largest absolute Gasteiger partial charge is 0.373 e. The Balaban J connectivity index is 3.23. The summed E-state index contributed by atoms with van der Waals surface area (Å²) in [6, 6.07) is 0. The van der Waals surface area contributed by atoms with Gasteiger partial charge >= 0.3 is 0 Å². The molecule has 0 amide bonds. The van der Waals surface area contributed by atoms with Gasteiger partial charge in [0.25, 0.3) is 0 Å². The molecule has 1 heterocycles. The molecule has 1 atom stereocenters. The van der Waals surface area contributed by atoms with Crippen molar-refractivity contribution in [2.45, 2.75) is 46.6 Å². The number of hydrogen-bond acceptors (Lipinski definition) is 4. The summed E-state index contributed by atoms with van der Waals surface area (Å²) in [6.07, 6.45) is 1.92. The highest BCUT2D eigenvalue weighted by molar-refractivity contribution is 9.10. The number of halogens is 1. The second kappa shape index (κ2) is 7.80. The van der Waals surface area contributed by atoms with Gasteiger partial charge in [0, 0.05) is 13.7 Å². The van der Waals surface area contributed by atoms with Crippen LogP contribution in [0.5, 0.6) is 0 Å². The van der Waals surface area contributed by atoms with Crippen molar-refractivity contribution in [2.24, 2.45) is 5.92 Å². The maximum Gasteiger partial charge on any atom is 0.160 e. The van der Waals surface area contributed by atoms with Crippen molar-refractivity contribution in [3.05, 3.63) is 16.0 Å². The zero-order valence-corrected chi connectivity index (χ0v) is 14.0. The van der Waals surface area contributed by atoms with Crippen molar-refractivity contribution in [3.63, 3.8) is 0 Å². The lowest BCUT2D eigenvalue weighted by Gasteiger charge is -2.20. The minimum Gasteiger partial charge on any atom is -0.373 e. The summed E-state index contributed by atoms with van der Waals surface area (Å²) in [5.41, 5.74) is 1.05. The zero-order chi connectivity index (χ0) is 14.4. The van der Waals surface area contributed by atoms with Gasteiger partial charge in [0.15, 0.2) is 5.82 Å². The quantitative estimate of drug-likeness (QED) is 0.822. The van der Waals surface area contributed by atoms with Gasteiger partial charge in [-0.15, -0.1) is 0 Å². The maximum atomic E-state index is 5.54. The highest BCUT2D eigenvalue weighted by Gasteiger charge is 2.21. The number of anilines is 1. The first kappa shape index (κ1) is 16.4. The predicted octanol–water partition coefficient (Wildman–Crippen LogP) is 3.97. The lowest BCUT2D eigenvalue weighted by molar-refractivity contribution is 0.0573. The summed E-state index contributed by atoms with van der Waals surface area (Å²) < 4.78 is 6.51. The number of aromatic nitrogens is 2. The molecule has 1 unspecified atom stereocenters. The number of ether oxygens (including phenoxy) is 1. The molecular weight excluding hydrogens is 306 g/mol. The highest BCUT2D eigenvalue weighted by Crippen LogP contribution is 2.29. The minimum absolute atomic E-state index is 0.0684. The Bertz CT molecular complexity index is 383. The van der Waals surface area contributed by atoms with Crippen LogP contribution in [0.2, 0.25) is 0 Å². The summed E-state index contributed by atoms with van der Waals surface area (Å²) in [4.78, 5) is 9.28. The van der Waals surface area contributed by atoms with Gasteiger partial charge < -0.3 is 10.1 Å². The van der Waals surface area contributed by atoms with Crippen molar-refractivity contribution in [2.75, 3.05) is 19.0 Å². The topological polar surface area (TPSA) is 47.0 Å². The van der Waals surface area contributed by atoms with Crippen LogP contribution in [0.3, 0.4) is 0 Å². The Morgan fingerprint density at radius 2 is 1.95 bits per heavy atom. The van der Waals surface area contributed by atoms with Crippen LogP contribution < -0.4 is 5.32 Å². The van der Waals surface area contributed by atoms with Gasteiger partial charge in [-0.3, -0.25) is 0 Å². The van der Waals surface area contributed by atoms with Crippen LogP contribution in [0, 0.1) is 5.92 Å². The smallest absolute Gasteiger partial charge is 0.160 e. The van der Waals surface area contributed by atoms with Crippen LogP contribution in [-0.4, -0.2) is 23.6 Å². The standard InChI is InChI=1S/C14H24BrN3O/c1-6-8-10-11(15)13(16-7-2)18-14(17-10)12(19-5)9(3)4/h9,12H,6-8H2,1-5H3,(H,16,17,18). The van der Waals surface area contributed by atoms with Gasteiger partial charge in [-0.05, 0) is 35.2 Å². The molecule has 1 N–H and O–H groups in total. The molecule has 1 rings (SSSR count). The molecule has 0 aliphatic carbocycles. The third kappa shape index (κ3) is 4.14. The number of hydrogen-bond donors (Lipinski definition) is 1. The summed E-state index contributed by atoms with van der Waals surface area (Å²) >= 11 is 3.60. The molecule has 0 spiro atoms. The first-order chi connectivity index (χ1) is 9.04. The lowest BCUT2D eigenvalue weighted by atomic mass is 10.1. The molecule has 0 aliphatic rings. The molecule has 1 aromatic heterocycles. The second-order valence-electron chi connectivity index (χ2n) is 4.87. The van der Waals surface area contributed by atoms with Gasteiger partial charge in [0.1, 0.15) is 11.9 Å². The summed E-state index contributed by atoms with van der Waals surface area (Å²) in [7, 11) is 1.71. The molecule has 0 bridgehead atoms. The predicted molar refractivity (Wildman–Crippen MR) is 82.5 cm³/mol. The van der Waals surface area contributed by atoms with E-state index in [0.717, 1.165) is 41.2 Å². The highest BCUT2D eigenvalue weighted by atomic mass is 79.9. The van der Waals surface area contributed by atoms with E-state index in [1.54, 1.807) is 7.11 Å². The first-order valence-electron chi connectivity index (χ1n) is 6.88. The molecule has 19 heavy (non-hydrogen) atoms. The first-order valence-corrected chi connectivity index (χ1v) is 7.67. The molecule has 0 fully saturated rings. The van der Waals surface area contributed by atoms with Gasteiger partial charge in [0.2, 0.25) is 0 Å². The Labute approximate surface area is 124 Å². The minimum atomic E-state index is -0.0684. The maximum absolute atomic E-state index is 5.54. The average molecular weight is 330 g/mol. The van der Waals surface area contributed by atoms with E-state index in [2.05, 4.69) is 58.9 Å². The van der Waals surface area contributed by atoms with Crippen molar-refractivity contribution < 1.29 is 4.74 Å². The molecule has 0 radical (unpaired) electrons. The Hall–Kier alpha value is -0.680. The molecular formula is C14H24BrN3O. The zero-order valence-electron chi connectivity index (χ0n) is 12.5. The van der Waals surface area contributed by atoms with Crippen LogP contribution in [-0.2, 0) is 11.2 Å². The normalized spacial score (nSPS) is 12.8. The van der Waals surface area contributed by atoms with E-state index in [1.807, 2.05) is 0 Å². The van der Waals surface area contributed by atoms with Crippen LogP contribution in [0.25, 0.3) is 0 Å². The molecule has 4 nitrogen and oxygen atoms in total. The number of nitrogens with one attached hydrogen (secondary N) is 1. The number of rotatable bonds is 7. The van der Waals surface area contributed by atoms with Gasteiger partial charge in [-0.2, -0.15) is 0 Å². The van der Waals surface area contributed by atoms with Crippen molar-refractivity contribution in [3.8, 4) is 0 Å². The van der Waals surface area contributed by atoms with Crippen molar-refractivity contribution in [1.29, 1.82) is 0 Å². The number of methoxy groups -OCH3 is 1. The van der Waals surface area contributed by atoms with Crippen LogP contribution in [0.4, 0.5) is 5.82 Å². The molecule has 0 aromatic carbocycles. The lowest BCUT2D eigenvalue weighted by Crippen LogP contribution is -2.16. The average Bonchev–Trinajstić information content (AvgIpc) is 2.35. The Morgan fingerprint density at radius 1 is 1.26 bits per heavy atom. The molecule has 1 aromatic rings. The SMILES string of the molecule is CCCc1nc(C(OC)C(C)C)nc(NCC)c1Br. The fourth-order valence-corrected chi connectivity index (χ4v) is 2.52. The van der Waals surface area contributed by atoms with E-state index >= 15 is 0 Å². The van der Waals surface area contributed by atoms with Crippen LogP contribution in [0.1, 0.15) is 51.7 Å². The van der Waals surface area contributed by atoms with E-state index in [0.29, 0.717) is 5.92 Å². The summed E-state index contributed by atoms with van der Waals surface area (Å²) in [6.45, 7) is 9.28. The van der Waals surface area contributed by atoms with E-state index in [-0.39, 0.29) is 6.10 Å². The van der Waals surface area contributed by atoms with Crippen molar-refractivity contribution >= 4 is 21.7 Å². The van der Waals surface area contributed by atoms with Gasteiger partial charge in [-0.25, -0.2) is 9.97 Å². The molecule has 108 valence electrons. The third-order valence-corrected chi connectivity index (χ3v) is 3.72. The van der Waals surface area contributed by atoms with Gasteiger partial charge in [-0.1, -0.05) is 27.2 Å². The van der Waals surface area contributed by atoms with Gasteiger partial charge in [0.05, 0.1) is 10.2 Å². The van der Waals surface area contributed by atoms with E-state index in [9.17, 15) is 0 Å². The van der Waals surface area contributed by atoms with Crippen molar-refractivity contribution in [1.82, 2.24) is 9.97 Å². The molecule has 5 heteroatoms. The van der Waals surface area contributed by atoms with Crippen LogP contribution >= 0.6 is 15.9 Å². The number of nitrogens with zero attached hydrogens (tertiary/aromatic N) is 2. The molecule has 0 aliphatic heterocycles. The van der Waals surface area contributed by atoms with E-state index in [4.69, 9.17) is 4.74 Å². The monoisotopic (exact) mass is 329 g/mol. The molecule has 0 saturated heterocycles. The molecule has 0 saturated carbocycles. The summed E-state index contributed by atoms with van der Waals surface area (Å²) in [5, 5.41) is 3.28. The van der Waals surface area contributed by atoms with Crippen LogP contribution in [0.15, 0.2) is 4.47 Å². The second-order valence-corrected chi connectivity index (χ2v) is 5.66. The Kier molecular flexibility index (Phi) is 6.72. The number of aryl methyl sites for hydroxylation is 1. The van der Waals surface area contributed by atoms with E-state index in [1.165, 1.54) is 0 Å². The summed E-state index contributed by atoms with van der Waals surface area (Å²) in [5.74, 6) is 1.97. The fourth-order valence-electron chi connectivity index (χ4n) is 2.00.